The molecule has 0 aliphatic rings. The van der Waals surface area contributed by atoms with Crippen molar-refractivity contribution in [2.75, 3.05) is 5.32 Å². The number of nitrogens with one attached hydrogen (secondary N) is 1. The monoisotopic (exact) mass is 334 g/mol. The van der Waals surface area contributed by atoms with Crippen LogP contribution in [0.15, 0.2) is 48.8 Å². The summed E-state index contributed by atoms with van der Waals surface area (Å²) in [5.74, 6) is -0.167. The Labute approximate surface area is 138 Å². The van der Waals surface area contributed by atoms with Crippen LogP contribution in [-0.4, -0.2) is 10.8 Å². The number of nitro groups is 1. The van der Waals surface area contributed by atoms with Gasteiger partial charge in [0.15, 0.2) is 12.4 Å². The van der Waals surface area contributed by atoms with E-state index in [0.29, 0.717) is 12.1 Å². The van der Waals surface area contributed by atoms with Gasteiger partial charge in [-0.25, -0.2) is 4.57 Å². The van der Waals surface area contributed by atoms with E-state index >= 15 is 0 Å². The summed E-state index contributed by atoms with van der Waals surface area (Å²) in [5.41, 5.74) is 0.161. The molecule has 120 valence electrons. The lowest BCUT2D eigenvalue weighted by atomic mass is 10.2. The van der Waals surface area contributed by atoms with Crippen LogP contribution in [0.2, 0.25) is 5.02 Å². The predicted octanol–water partition coefficient (Wildman–Crippen LogP) is 3.34. The fourth-order valence-corrected chi connectivity index (χ4v) is 2.30. The van der Waals surface area contributed by atoms with Crippen molar-refractivity contribution in [3.8, 4) is 0 Å². The molecule has 0 saturated heterocycles. The minimum Gasteiger partial charge on any atom is -0.326 e. The number of hydrogen-bond donors (Lipinski definition) is 1. The summed E-state index contributed by atoms with van der Waals surface area (Å²) in [6.45, 7) is 0.848. The Balaban J connectivity index is 1.79. The van der Waals surface area contributed by atoms with Gasteiger partial charge in [0.2, 0.25) is 5.91 Å². The van der Waals surface area contributed by atoms with Crippen LogP contribution in [0.5, 0.6) is 0 Å². The highest BCUT2D eigenvalue weighted by molar-refractivity contribution is 6.32. The molecule has 0 fully saturated rings. The third kappa shape index (κ3) is 5.34. The van der Waals surface area contributed by atoms with Crippen LogP contribution in [0.1, 0.15) is 19.3 Å². The van der Waals surface area contributed by atoms with Crippen LogP contribution in [0.4, 0.5) is 11.4 Å². The Morgan fingerprint density at radius 1 is 1.22 bits per heavy atom. The van der Waals surface area contributed by atoms with Crippen molar-refractivity contribution in [1.29, 1.82) is 0 Å². The second-order valence-corrected chi connectivity index (χ2v) is 5.45. The topological polar surface area (TPSA) is 76.1 Å². The summed E-state index contributed by atoms with van der Waals surface area (Å²) in [4.78, 5) is 22.1. The number of nitrogens with zero attached hydrogens (tertiary/aromatic N) is 2. The fraction of sp³-hybridized carbons (Fsp3) is 0.250. The van der Waals surface area contributed by atoms with Crippen molar-refractivity contribution in [1.82, 2.24) is 0 Å². The molecule has 0 bridgehead atoms. The van der Waals surface area contributed by atoms with Crippen LogP contribution in [-0.2, 0) is 11.3 Å². The van der Waals surface area contributed by atoms with E-state index in [1.54, 1.807) is 6.07 Å². The van der Waals surface area contributed by atoms with E-state index in [0.717, 1.165) is 19.4 Å². The van der Waals surface area contributed by atoms with E-state index in [1.165, 1.54) is 12.1 Å². The minimum absolute atomic E-state index is 0.0490. The molecule has 0 unspecified atom stereocenters. The van der Waals surface area contributed by atoms with E-state index in [9.17, 15) is 14.9 Å². The summed E-state index contributed by atoms with van der Waals surface area (Å²) < 4.78 is 2.06. The van der Waals surface area contributed by atoms with E-state index in [-0.39, 0.29) is 16.6 Å². The van der Waals surface area contributed by atoms with Crippen molar-refractivity contribution in [3.63, 3.8) is 0 Å². The Kier molecular flexibility index (Phi) is 6.05. The lowest BCUT2D eigenvalue weighted by Crippen LogP contribution is -2.32. The number of aromatic nitrogens is 1. The Morgan fingerprint density at radius 2 is 1.96 bits per heavy atom. The van der Waals surface area contributed by atoms with Gasteiger partial charge in [0, 0.05) is 36.7 Å². The molecule has 7 heteroatoms. The Hall–Kier alpha value is -2.47. The largest absolute Gasteiger partial charge is 0.326 e. The summed E-state index contributed by atoms with van der Waals surface area (Å²) in [6.07, 6.45) is 5.94. The molecule has 0 spiro atoms. The number of pyridine rings is 1. The van der Waals surface area contributed by atoms with Gasteiger partial charge in [0.1, 0.15) is 11.6 Å². The molecule has 0 saturated carbocycles. The van der Waals surface area contributed by atoms with Crippen LogP contribution in [0, 0.1) is 10.1 Å². The first-order valence-electron chi connectivity index (χ1n) is 7.24. The number of anilines is 1. The van der Waals surface area contributed by atoms with E-state index in [1.807, 2.05) is 30.6 Å². The third-order valence-corrected chi connectivity index (χ3v) is 3.59. The van der Waals surface area contributed by atoms with Crippen LogP contribution in [0.25, 0.3) is 0 Å². The van der Waals surface area contributed by atoms with Gasteiger partial charge >= 0.3 is 0 Å². The lowest BCUT2D eigenvalue weighted by molar-refractivity contribution is -0.697. The number of unbranched alkanes of at least 4 members (excludes halogenated alkanes) is 1. The zero-order chi connectivity index (χ0) is 16.7. The maximum atomic E-state index is 11.9. The van der Waals surface area contributed by atoms with E-state index in [4.69, 9.17) is 11.6 Å². The summed E-state index contributed by atoms with van der Waals surface area (Å²) in [7, 11) is 0. The Bertz CT molecular complexity index is 692. The third-order valence-electron chi connectivity index (χ3n) is 3.27. The maximum absolute atomic E-state index is 11.9. The number of carbonyl (C=O) groups is 1. The van der Waals surface area contributed by atoms with Gasteiger partial charge in [0.25, 0.3) is 5.69 Å². The minimum atomic E-state index is -0.574. The van der Waals surface area contributed by atoms with Gasteiger partial charge in [-0.05, 0) is 18.6 Å². The standard InChI is InChI=1S/C16H16ClN3O3/c17-14-8-7-13(12-15(14)20(22)23)18-16(21)6-2-5-11-19-9-3-1-4-10-19/h1,3-4,7-10,12H,2,5-6,11H2/p+1. The van der Waals surface area contributed by atoms with Crippen molar-refractivity contribution in [3.05, 3.63) is 63.9 Å². The van der Waals surface area contributed by atoms with Gasteiger partial charge in [-0.3, -0.25) is 14.9 Å². The van der Waals surface area contributed by atoms with Crippen molar-refractivity contribution in [2.45, 2.75) is 25.8 Å². The van der Waals surface area contributed by atoms with Crippen LogP contribution < -0.4 is 9.88 Å². The first-order valence-corrected chi connectivity index (χ1v) is 7.62. The number of benzene rings is 1. The average molecular weight is 335 g/mol. The number of carbonyl (C=O) groups excluding carboxylic acids is 1. The van der Waals surface area contributed by atoms with Crippen LogP contribution in [0.3, 0.4) is 0 Å². The molecule has 1 amide bonds. The average Bonchev–Trinajstić information content (AvgIpc) is 2.54. The van der Waals surface area contributed by atoms with Crippen molar-refractivity contribution in [2.24, 2.45) is 0 Å². The number of amides is 1. The van der Waals surface area contributed by atoms with Gasteiger partial charge in [-0.15, -0.1) is 0 Å². The molecule has 1 aromatic heterocycles. The van der Waals surface area contributed by atoms with Gasteiger partial charge < -0.3 is 5.32 Å². The highest BCUT2D eigenvalue weighted by Gasteiger charge is 2.13. The smallest absolute Gasteiger partial charge is 0.289 e. The number of rotatable bonds is 7. The fourth-order valence-electron chi connectivity index (χ4n) is 2.12. The lowest BCUT2D eigenvalue weighted by Gasteiger charge is -2.05. The zero-order valence-corrected chi connectivity index (χ0v) is 13.2. The van der Waals surface area contributed by atoms with E-state index in [2.05, 4.69) is 9.88 Å². The van der Waals surface area contributed by atoms with Gasteiger partial charge in [0.05, 0.1) is 4.92 Å². The molecule has 1 heterocycles. The first kappa shape index (κ1) is 16.9. The molecule has 2 aromatic rings. The SMILES string of the molecule is O=C(CCCC[n+]1ccccc1)Nc1ccc(Cl)c([N+](=O)[O-])c1. The normalized spacial score (nSPS) is 10.3. The summed E-state index contributed by atoms with van der Waals surface area (Å²) in [5, 5.41) is 13.5. The zero-order valence-electron chi connectivity index (χ0n) is 12.4. The van der Waals surface area contributed by atoms with Gasteiger partial charge in [-0.1, -0.05) is 17.7 Å². The van der Waals surface area contributed by atoms with Crippen molar-refractivity contribution < 1.29 is 14.3 Å². The Morgan fingerprint density at radius 3 is 2.65 bits per heavy atom. The molecule has 0 aliphatic heterocycles. The second kappa shape index (κ2) is 8.24. The van der Waals surface area contributed by atoms with Crippen LogP contribution >= 0.6 is 11.6 Å². The number of hydrogen-bond acceptors (Lipinski definition) is 3. The van der Waals surface area contributed by atoms with Gasteiger partial charge in [-0.2, -0.15) is 0 Å². The highest BCUT2D eigenvalue weighted by Crippen LogP contribution is 2.27. The molecule has 1 aromatic carbocycles. The summed E-state index contributed by atoms with van der Waals surface area (Å²) in [6, 6.07) is 10.1. The second-order valence-electron chi connectivity index (χ2n) is 5.04. The first-order chi connectivity index (χ1) is 11.1. The van der Waals surface area contributed by atoms with Crippen molar-refractivity contribution >= 4 is 28.9 Å². The molecule has 0 aliphatic carbocycles. The molecule has 1 N–H and O–H groups in total. The number of halogens is 1. The van der Waals surface area contributed by atoms with E-state index < -0.39 is 4.92 Å². The molecule has 0 atom stereocenters. The highest BCUT2D eigenvalue weighted by atomic mass is 35.5. The summed E-state index contributed by atoms with van der Waals surface area (Å²) >= 11 is 5.73. The quantitative estimate of drug-likeness (QED) is 0.365. The maximum Gasteiger partial charge on any atom is 0.289 e. The molecule has 23 heavy (non-hydrogen) atoms. The molecular formula is C16H17ClN3O3+. The molecule has 0 radical (unpaired) electrons. The molecule has 2 rings (SSSR count). The number of nitro benzene ring substituents is 1. The molecular weight excluding hydrogens is 318 g/mol. The number of aryl methyl sites for hydroxylation is 1. The predicted molar refractivity (Wildman–Crippen MR) is 87.2 cm³/mol. The molecule has 6 nitrogen and oxygen atoms in total.